The first-order valence-corrected chi connectivity index (χ1v) is 4.83. The van der Waals surface area contributed by atoms with Crippen molar-refractivity contribution < 1.29 is 9.53 Å². The van der Waals surface area contributed by atoms with E-state index in [1.165, 1.54) is 0 Å². The first kappa shape index (κ1) is 11.3. The van der Waals surface area contributed by atoms with Crippen molar-refractivity contribution >= 4 is 5.97 Å². The summed E-state index contributed by atoms with van der Waals surface area (Å²) in [5.74, 6) is -0.359. The molecule has 0 aliphatic rings. The summed E-state index contributed by atoms with van der Waals surface area (Å²) in [7, 11) is 0. The van der Waals surface area contributed by atoms with E-state index in [9.17, 15) is 4.79 Å². The van der Waals surface area contributed by atoms with Crippen molar-refractivity contribution in [3.05, 3.63) is 35.4 Å². The summed E-state index contributed by atoms with van der Waals surface area (Å²) in [6.07, 6.45) is -0.512. The van der Waals surface area contributed by atoms with Crippen LogP contribution in [0.25, 0.3) is 0 Å². The Labute approximate surface area is 89.3 Å². The van der Waals surface area contributed by atoms with Gasteiger partial charge in [-0.25, -0.2) is 0 Å². The van der Waals surface area contributed by atoms with Crippen LogP contribution >= 0.6 is 0 Å². The van der Waals surface area contributed by atoms with E-state index < -0.39 is 6.10 Å². The molecule has 1 rings (SSSR count). The van der Waals surface area contributed by atoms with E-state index in [1.807, 2.05) is 25.1 Å². The minimum absolute atomic E-state index is 0.282. The van der Waals surface area contributed by atoms with Gasteiger partial charge in [0.25, 0.3) is 0 Å². The average molecular weight is 203 g/mol. The normalized spacial score (nSPS) is 11.5. The van der Waals surface area contributed by atoms with Gasteiger partial charge in [0.05, 0.1) is 0 Å². The zero-order valence-electron chi connectivity index (χ0n) is 8.86. The van der Waals surface area contributed by atoms with Gasteiger partial charge in [-0.3, -0.25) is 4.79 Å². The SMILES string of the molecule is CCC(=O)O[C@H](C#N)c1ccc(C)cc1. The van der Waals surface area contributed by atoms with E-state index in [0.717, 1.165) is 5.56 Å². The molecular weight excluding hydrogens is 190 g/mol. The van der Waals surface area contributed by atoms with Gasteiger partial charge in [0.15, 0.2) is 0 Å². The number of esters is 1. The largest absolute Gasteiger partial charge is 0.442 e. The molecule has 1 aromatic carbocycles. The second-order valence-electron chi connectivity index (χ2n) is 3.26. The van der Waals surface area contributed by atoms with E-state index in [0.29, 0.717) is 5.56 Å². The molecule has 0 aliphatic carbocycles. The predicted octanol–water partition coefficient (Wildman–Crippen LogP) is 2.51. The lowest BCUT2D eigenvalue weighted by Crippen LogP contribution is -2.08. The Morgan fingerprint density at radius 3 is 2.53 bits per heavy atom. The molecule has 78 valence electrons. The van der Waals surface area contributed by atoms with E-state index in [1.54, 1.807) is 19.1 Å². The fraction of sp³-hybridized carbons (Fsp3) is 0.333. The zero-order chi connectivity index (χ0) is 11.3. The lowest BCUT2D eigenvalue weighted by Gasteiger charge is -2.10. The van der Waals surface area contributed by atoms with Crippen LogP contribution in [0.5, 0.6) is 0 Å². The molecule has 0 saturated heterocycles. The second-order valence-corrected chi connectivity index (χ2v) is 3.26. The molecule has 15 heavy (non-hydrogen) atoms. The summed E-state index contributed by atoms with van der Waals surface area (Å²) >= 11 is 0. The quantitative estimate of drug-likeness (QED) is 0.709. The first-order chi connectivity index (χ1) is 7.17. The molecule has 0 saturated carbocycles. The van der Waals surface area contributed by atoms with Crippen LogP contribution in [0, 0.1) is 18.3 Å². The summed E-state index contributed by atoms with van der Waals surface area (Å²) < 4.78 is 4.97. The van der Waals surface area contributed by atoms with Crippen LogP contribution in [0.3, 0.4) is 0 Å². The topological polar surface area (TPSA) is 50.1 Å². The smallest absolute Gasteiger partial charge is 0.307 e. The monoisotopic (exact) mass is 203 g/mol. The average Bonchev–Trinajstić information content (AvgIpc) is 2.27. The van der Waals surface area contributed by atoms with Crippen LogP contribution in [-0.4, -0.2) is 5.97 Å². The molecule has 0 aliphatic heterocycles. The Morgan fingerprint density at radius 1 is 1.47 bits per heavy atom. The molecule has 0 fully saturated rings. The van der Waals surface area contributed by atoms with Crippen molar-refractivity contribution in [1.29, 1.82) is 5.26 Å². The van der Waals surface area contributed by atoms with Gasteiger partial charge in [0.2, 0.25) is 6.10 Å². The Morgan fingerprint density at radius 2 is 2.07 bits per heavy atom. The number of benzene rings is 1. The molecule has 0 bridgehead atoms. The van der Waals surface area contributed by atoms with Gasteiger partial charge in [-0.15, -0.1) is 0 Å². The van der Waals surface area contributed by atoms with Crippen LogP contribution < -0.4 is 0 Å². The molecule has 0 heterocycles. The third kappa shape index (κ3) is 3.10. The van der Waals surface area contributed by atoms with Gasteiger partial charge in [-0.05, 0) is 6.92 Å². The van der Waals surface area contributed by atoms with Crippen molar-refractivity contribution in [3.63, 3.8) is 0 Å². The van der Waals surface area contributed by atoms with Crippen LogP contribution in [0.1, 0.15) is 30.6 Å². The lowest BCUT2D eigenvalue weighted by atomic mass is 10.1. The number of rotatable bonds is 3. The summed E-state index contributed by atoms with van der Waals surface area (Å²) in [4.78, 5) is 11.0. The summed E-state index contributed by atoms with van der Waals surface area (Å²) in [5, 5.41) is 8.87. The second kappa shape index (κ2) is 5.16. The highest BCUT2D eigenvalue weighted by Gasteiger charge is 2.14. The maximum atomic E-state index is 11.0. The Balaban J connectivity index is 2.80. The van der Waals surface area contributed by atoms with Gasteiger partial charge in [0, 0.05) is 12.0 Å². The fourth-order valence-electron chi connectivity index (χ4n) is 1.12. The molecule has 0 radical (unpaired) electrons. The Hall–Kier alpha value is -1.82. The van der Waals surface area contributed by atoms with Crippen molar-refractivity contribution in [2.75, 3.05) is 0 Å². The highest BCUT2D eigenvalue weighted by atomic mass is 16.5. The maximum Gasteiger partial charge on any atom is 0.307 e. The van der Waals surface area contributed by atoms with E-state index in [4.69, 9.17) is 10.00 Å². The highest BCUT2D eigenvalue weighted by Crippen LogP contribution is 2.17. The van der Waals surface area contributed by atoms with Gasteiger partial charge in [-0.2, -0.15) is 5.26 Å². The van der Waals surface area contributed by atoms with Gasteiger partial charge in [0.1, 0.15) is 6.07 Å². The molecular formula is C12H13NO2. The summed E-state index contributed by atoms with van der Waals surface area (Å²) in [6, 6.07) is 9.33. The number of hydrogen-bond donors (Lipinski definition) is 0. The molecule has 3 heteroatoms. The van der Waals surface area contributed by atoms with E-state index >= 15 is 0 Å². The highest BCUT2D eigenvalue weighted by molar-refractivity contribution is 5.69. The molecule has 0 amide bonds. The molecule has 1 atom stereocenters. The molecule has 0 unspecified atom stereocenters. The van der Waals surface area contributed by atoms with Crippen LogP contribution in [0.2, 0.25) is 0 Å². The predicted molar refractivity (Wildman–Crippen MR) is 55.9 cm³/mol. The molecule has 0 N–H and O–H groups in total. The van der Waals surface area contributed by atoms with Crippen molar-refractivity contribution in [3.8, 4) is 6.07 Å². The first-order valence-electron chi connectivity index (χ1n) is 4.83. The van der Waals surface area contributed by atoms with Crippen LogP contribution in [-0.2, 0) is 9.53 Å². The third-order valence-electron chi connectivity index (χ3n) is 2.04. The number of carbonyl (C=O) groups is 1. The van der Waals surface area contributed by atoms with Crippen molar-refractivity contribution in [2.24, 2.45) is 0 Å². The molecule has 1 aromatic rings. The number of carbonyl (C=O) groups excluding carboxylic acids is 1. The number of hydrogen-bond acceptors (Lipinski definition) is 3. The minimum atomic E-state index is -0.793. The van der Waals surface area contributed by atoms with E-state index in [2.05, 4.69) is 0 Å². The number of ether oxygens (including phenoxy) is 1. The standard InChI is InChI=1S/C12H13NO2/c1-3-12(14)15-11(8-13)10-6-4-9(2)5-7-10/h4-7,11H,3H2,1-2H3/t11-/m1/s1. The number of aryl methyl sites for hydroxylation is 1. The van der Waals surface area contributed by atoms with Crippen LogP contribution in [0.15, 0.2) is 24.3 Å². The molecule has 0 spiro atoms. The zero-order valence-corrected chi connectivity index (χ0v) is 8.86. The summed E-state index contributed by atoms with van der Waals surface area (Å²) in [5.41, 5.74) is 1.82. The Bertz CT molecular complexity index is 376. The van der Waals surface area contributed by atoms with Gasteiger partial charge < -0.3 is 4.74 Å². The lowest BCUT2D eigenvalue weighted by molar-refractivity contribution is -0.146. The third-order valence-corrected chi connectivity index (χ3v) is 2.04. The fourth-order valence-corrected chi connectivity index (χ4v) is 1.12. The summed E-state index contributed by atoms with van der Waals surface area (Å²) in [6.45, 7) is 3.66. The number of nitrogens with zero attached hydrogens (tertiary/aromatic N) is 1. The molecule has 3 nitrogen and oxygen atoms in total. The maximum absolute atomic E-state index is 11.0. The molecule has 0 aromatic heterocycles. The minimum Gasteiger partial charge on any atom is -0.442 e. The number of nitriles is 1. The van der Waals surface area contributed by atoms with Crippen molar-refractivity contribution in [2.45, 2.75) is 26.4 Å². The van der Waals surface area contributed by atoms with Crippen molar-refractivity contribution in [1.82, 2.24) is 0 Å². The van der Waals surface area contributed by atoms with E-state index in [-0.39, 0.29) is 12.4 Å². The van der Waals surface area contributed by atoms with Crippen LogP contribution in [0.4, 0.5) is 0 Å². The Kier molecular flexibility index (Phi) is 3.87. The van der Waals surface area contributed by atoms with Gasteiger partial charge >= 0.3 is 5.97 Å². The van der Waals surface area contributed by atoms with Gasteiger partial charge in [-0.1, -0.05) is 36.8 Å².